The molecule has 0 spiro atoms. The minimum absolute atomic E-state index is 0.540. The molecule has 1 aromatic carbocycles. The molecule has 2 nitrogen and oxygen atoms in total. The summed E-state index contributed by atoms with van der Waals surface area (Å²) in [6.45, 7) is 4.49. The van der Waals surface area contributed by atoms with Gasteiger partial charge in [0.15, 0.2) is 4.77 Å². The molecule has 0 saturated carbocycles. The van der Waals surface area contributed by atoms with Gasteiger partial charge >= 0.3 is 0 Å². The predicted molar refractivity (Wildman–Crippen MR) is 80.6 cm³/mol. The summed E-state index contributed by atoms with van der Waals surface area (Å²) in [5.41, 5.74) is 2.40. The highest BCUT2D eigenvalue weighted by atomic mass is 32.1. The molecule has 3 heteroatoms. The lowest BCUT2D eigenvalue weighted by Crippen LogP contribution is -2.09. The predicted octanol–water partition coefficient (Wildman–Crippen LogP) is 5.23. The summed E-state index contributed by atoms with van der Waals surface area (Å²) >= 11 is 5.50. The summed E-state index contributed by atoms with van der Waals surface area (Å²) in [5, 5.41) is 0. The number of H-pyrrole nitrogens is 1. The first-order valence-corrected chi connectivity index (χ1v) is 7.38. The van der Waals surface area contributed by atoms with Crippen molar-refractivity contribution < 1.29 is 0 Å². The third kappa shape index (κ3) is 2.66. The zero-order valence-electron chi connectivity index (χ0n) is 11.3. The van der Waals surface area contributed by atoms with Gasteiger partial charge in [0.2, 0.25) is 0 Å². The Kier molecular flexibility index (Phi) is 4.59. The number of aromatic nitrogens is 2. The molecule has 0 aliphatic rings. The fourth-order valence-electron chi connectivity index (χ4n) is 2.61. The highest BCUT2D eigenvalue weighted by Gasteiger charge is 2.13. The highest BCUT2D eigenvalue weighted by molar-refractivity contribution is 7.71. The largest absolute Gasteiger partial charge is 0.331 e. The van der Waals surface area contributed by atoms with Gasteiger partial charge in [0.25, 0.3) is 0 Å². The average molecular weight is 262 g/mol. The maximum atomic E-state index is 5.50. The van der Waals surface area contributed by atoms with E-state index in [4.69, 9.17) is 12.2 Å². The fraction of sp³-hybridized carbons (Fsp3) is 0.533. The number of aromatic amines is 1. The van der Waals surface area contributed by atoms with Crippen molar-refractivity contribution in [2.45, 2.75) is 52.0 Å². The Bertz CT molecular complexity index is 553. The zero-order chi connectivity index (χ0) is 13.0. The standard InChI is InChI=1S/C15H22N2S/c1-3-5-9-12(8-4-2)17-14-11-7-6-10-13(14)16-15(17)18/h6-7,10-12H,3-5,8-9H2,1-2H3,(H,16,18). The van der Waals surface area contributed by atoms with Crippen LogP contribution in [0.4, 0.5) is 0 Å². The van der Waals surface area contributed by atoms with Crippen LogP contribution in [0.2, 0.25) is 0 Å². The molecule has 0 aliphatic heterocycles. The van der Waals surface area contributed by atoms with Crippen LogP contribution >= 0.6 is 12.2 Å². The van der Waals surface area contributed by atoms with Gasteiger partial charge in [-0.1, -0.05) is 45.2 Å². The number of rotatable bonds is 6. The van der Waals surface area contributed by atoms with Crippen molar-refractivity contribution >= 4 is 23.3 Å². The molecule has 2 rings (SSSR count). The van der Waals surface area contributed by atoms with Crippen LogP contribution in [0.1, 0.15) is 52.0 Å². The number of nitrogens with one attached hydrogen (secondary N) is 1. The Balaban J connectivity index is 2.42. The molecule has 98 valence electrons. The molecular weight excluding hydrogens is 240 g/mol. The van der Waals surface area contributed by atoms with Gasteiger partial charge in [0, 0.05) is 6.04 Å². The molecule has 1 heterocycles. The first-order chi connectivity index (χ1) is 8.77. The van der Waals surface area contributed by atoms with E-state index in [0.29, 0.717) is 6.04 Å². The second-order valence-electron chi connectivity index (χ2n) is 4.90. The van der Waals surface area contributed by atoms with E-state index in [1.54, 1.807) is 0 Å². The number of unbranched alkanes of at least 4 members (excludes halogenated alkanes) is 1. The van der Waals surface area contributed by atoms with Gasteiger partial charge < -0.3 is 9.55 Å². The van der Waals surface area contributed by atoms with Crippen molar-refractivity contribution in [2.24, 2.45) is 0 Å². The topological polar surface area (TPSA) is 20.7 Å². The normalized spacial score (nSPS) is 13.0. The SMILES string of the molecule is CCCCC(CCC)n1c(=S)[nH]c2ccccc21. The van der Waals surface area contributed by atoms with Gasteiger partial charge in [0.05, 0.1) is 11.0 Å². The number of para-hydroxylation sites is 2. The minimum atomic E-state index is 0.540. The van der Waals surface area contributed by atoms with E-state index in [0.717, 1.165) is 10.3 Å². The maximum absolute atomic E-state index is 5.50. The van der Waals surface area contributed by atoms with Crippen LogP contribution in [0, 0.1) is 4.77 Å². The van der Waals surface area contributed by atoms with E-state index in [1.807, 2.05) is 0 Å². The Labute approximate surface area is 114 Å². The number of nitrogens with zero attached hydrogens (tertiary/aromatic N) is 1. The summed E-state index contributed by atoms with van der Waals surface area (Å²) in [5.74, 6) is 0. The molecule has 18 heavy (non-hydrogen) atoms. The summed E-state index contributed by atoms with van der Waals surface area (Å²) in [4.78, 5) is 3.32. The van der Waals surface area contributed by atoms with E-state index in [9.17, 15) is 0 Å². The lowest BCUT2D eigenvalue weighted by Gasteiger charge is -2.18. The van der Waals surface area contributed by atoms with Gasteiger partial charge in [-0.15, -0.1) is 0 Å². The Morgan fingerprint density at radius 1 is 1.17 bits per heavy atom. The zero-order valence-corrected chi connectivity index (χ0v) is 12.1. The molecule has 1 atom stereocenters. The van der Waals surface area contributed by atoms with E-state index in [-0.39, 0.29) is 0 Å². The number of imidazole rings is 1. The summed E-state index contributed by atoms with van der Waals surface area (Å²) in [6.07, 6.45) is 6.15. The van der Waals surface area contributed by atoms with Crippen molar-refractivity contribution in [2.75, 3.05) is 0 Å². The Morgan fingerprint density at radius 3 is 2.67 bits per heavy atom. The molecule has 1 aromatic heterocycles. The minimum Gasteiger partial charge on any atom is -0.331 e. The van der Waals surface area contributed by atoms with Crippen molar-refractivity contribution in [3.05, 3.63) is 29.0 Å². The van der Waals surface area contributed by atoms with Crippen LogP contribution in [-0.2, 0) is 0 Å². The summed E-state index contributed by atoms with van der Waals surface area (Å²) in [6, 6.07) is 8.95. The monoisotopic (exact) mass is 262 g/mol. The van der Waals surface area contributed by atoms with Gasteiger partial charge in [-0.05, 0) is 37.2 Å². The molecular formula is C15H22N2S. The maximum Gasteiger partial charge on any atom is 0.178 e. The van der Waals surface area contributed by atoms with E-state index in [2.05, 4.69) is 47.7 Å². The van der Waals surface area contributed by atoms with Crippen LogP contribution < -0.4 is 0 Å². The van der Waals surface area contributed by atoms with Gasteiger partial charge in [-0.2, -0.15) is 0 Å². The van der Waals surface area contributed by atoms with Crippen LogP contribution in [0.5, 0.6) is 0 Å². The highest BCUT2D eigenvalue weighted by Crippen LogP contribution is 2.26. The summed E-state index contributed by atoms with van der Waals surface area (Å²) in [7, 11) is 0. The van der Waals surface area contributed by atoms with Crippen molar-refractivity contribution in [3.63, 3.8) is 0 Å². The quantitative estimate of drug-likeness (QED) is 0.707. The van der Waals surface area contributed by atoms with Gasteiger partial charge in [-0.25, -0.2) is 0 Å². The first kappa shape index (κ1) is 13.3. The third-order valence-corrected chi connectivity index (χ3v) is 3.80. The average Bonchev–Trinajstić information content (AvgIpc) is 2.70. The van der Waals surface area contributed by atoms with E-state index in [1.165, 1.54) is 37.6 Å². The second-order valence-corrected chi connectivity index (χ2v) is 5.29. The Hall–Kier alpha value is -1.09. The van der Waals surface area contributed by atoms with Gasteiger partial charge in [-0.3, -0.25) is 0 Å². The Morgan fingerprint density at radius 2 is 1.94 bits per heavy atom. The number of fused-ring (bicyclic) bond motifs is 1. The van der Waals surface area contributed by atoms with Crippen molar-refractivity contribution in [3.8, 4) is 0 Å². The molecule has 1 N–H and O–H groups in total. The first-order valence-electron chi connectivity index (χ1n) is 6.97. The van der Waals surface area contributed by atoms with Crippen LogP contribution in [0.25, 0.3) is 11.0 Å². The van der Waals surface area contributed by atoms with Crippen LogP contribution in [0.15, 0.2) is 24.3 Å². The van der Waals surface area contributed by atoms with E-state index < -0.39 is 0 Å². The summed E-state index contributed by atoms with van der Waals surface area (Å²) < 4.78 is 3.19. The lowest BCUT2D eigenvalue weighted by atomic mass is 10.0. The number of hydrogen-bond acceptors (Lipinski definition) is 1. The van der Waals surface area contributed by atoms with Crippen LogP contribution in [-0.4, -0.2) is 9.55 Å². The molecule has 0 aliphatic carbocycles. The second kappa shape index (κ2) is 6.19. The molecule has 0 bridgehead atoms. The lowest BCUT2D eigenvalue weighted by molar-refractivity contribution is 0.422. The molecule has 0 radical (unpaired) electrons. The number of benzene rings is 1. The van der Waals surface area contributed by atoms with Gasteiger partial charge in [0.1, 0.15) is 0 Å². The van der Waals surface area contributed by atoms with Crippen molar-refractivity contribution in [1.82, 2.24) is 9.55 Å². The van der Waals surface area contributed by atoms with Crippen LogP contribution in [0.3, 0.4) is 0 Å². The third-order valence-electron chi connectivity index (χ3n) is 3.50. The smallest absolute Gasteiger partial charge is 0.178 e. The fourth-order valence-corrected chi connectivity index (χ4v) is 2.97. The number of hydrogen-bond donors (Lipinski definition) is 1. The van der Waals surface area contributed by atoms with E-state index >= 15 is 0 Å². The molecule has 1 unspecified atom stereocenters. The molecule has 0 fully saturated rings. The molecule has 0 amide bonds. The van der Waals surface area contributed by atoms with Crippen molar-refractivity contribution in [1.29, 1.82) is 0 Å². The molecule has 2 aromatic rings. The molecule has 0 saturated heterocycles.